The number of amides is 1. The van der Waals surface area contributed by atoms with E-state index in [4.69, 9.17) is 20.9 Å². The summed E-state index contributed by atoms with van der Waals surface area (Å²) in [5.41, 5.74) is 3.28. The van der Waals surface area contributed by atoms with E-state index in [-0.39, 0.29) is 11.9 Å². The number of hydrogen-bond acceptors (Lipinski definition) is 6. The molecule has 172 valence electrons. The Labute approximate surface area is 197 Å². The number of rotatable bonds is 5. The molecule has 0 aliphatic carbocycles. The molecular formula is C25H26ClN3O4. The van der Waals surface area contributed by atoms with Crippen molar-refractivity contribution in [3.8, 4) is 11.3 Å². The van der Waals surface area contributed by atoms with Crippen molar-refractivity contribution in [3.05, 3.63) is 76.0 Å². The molecule has 1 fully saturated rings. The molecule has 0 radical (unpaired) electrons. The molecule has 1 amide bonds. The van der Waals surface area contributed by atoms with Gasteiger partial charge < -0.3 is 14.2 Å². The van der Waals surface area contributed by atoms with Crippen LogP contribution in [0.5, 0.6) is 0 Å². The van der Waals surface area contributed by atoms with Crippen molar-refractivity contribution in [3.63, 3.8) is 0 Å². The highest BCUT2D eigenvalue weighted by atomic mass is 35.5. The third-order valence-electron chi connectivity index (χ3n) is 5.86. The van der Waals surface area contributed by atoms with Gasteiger partial charge in [0.25, 0.3) is 5.91 Å². The minimum atomic E-state index is -0.342. The summed E-state index contributed by atoms with van der Waals surface area (Å²) in [4.78, 5) is 29.3. The van der Waals surface area contributed by atoms with Gasteiger partial charge in [-0.15, -0.1) is 0 Å². The lowest BCUT2D eigenvalue weighted by atomic mass is 10.0. The van der Waals surface area contributed by atoms with Crippen LogP contribution in [0.4, 0.5) is 0 Å². The van der Waals surface area contributed by atoms with E-state index in [0.717, 1.165) is 31.6 Å². The van der Waals surface area contributed by atoms with Crippen LogP contribution in [0.15, 0.2) is 53.1 Å². The van der Waals surface area contributed by atoms with E-state index in [9.17, 15) is 9.59 Å². The molecule has 2 heterocycles. The molecule has 0 N–H and O–H groups in total. The second-order valence-corrected chi connectivity index (χ2v) is 8.46. The van der Waals surface area contributed by atoms with Gasteiger partial charge in [-0.2, -0.15) is 0 Å². The number of halogens is 1. The first-order chi connectivity index (χ1) is 16.0. The summed E-state index contributed by atoms with van der Waals surface area (Å²) < 4.78 is 10.1. The number of aryl methyl sites for hydroxylation is 1. The summed E-state index contributed by atoms with van der Waals surface area (Å²) in [6.45, 7) is 5.39. The lowest BCUT2D eigenvalue weighted by Gasteiger charge is -2.22. The van der Waals surface area contributed by atoms with Crippen molar-refractivity contribution in [2.45, 2.75) is 19.9 Å². The van der Waals surface area contributed by atoms with Crippen LogP contribution in [-0.4, -0.2) is 60.1 Å². The Hall–Kier alpha value is -3.16. The summed E-state index contributed by atoms with van der Waals surface area (Å²) in [5.74, 6) is 0.0559. The Balaban J connectivity index is 1.44. The first-order valence-electron chi connectivity index (χ1n) is 10.9. The van der Waals surface area contributed by atoms with Crippen LogP contribution in [0.3, 0.4) is 0 Å². The molecule has 0 bridgehead atoms. The van der Waals surface area contributed by atoms with E-state index in [0.29, 0.717) is 46.3 Å². The zero-order valence-corrected chi connectivity index (χ0v) is 19.5. The number of carbonyl (C=O) groups excluding carboxylic acids is 2. The van der Waals surface area contributed by atoms with Crippen LogP contribution in [-0.2, 0) is 11.3 Å². The molecule has 1 saturated heterocycles. The zero-order valence-electron chi connectivity index (χ0n) is 18.7. The maximum atomic E-state index is 13.5. The highest BCUT2D eigenvalue weighted by Gasteiger charge is 2.28. The van der Waals surface area contributed by atoms with Gasteiger partial charge in [0.05, 0.1) is 17.7 Å². The third-order valence-corrected chi connectivity index (χ3v) is 6.19. The molecule has 1 aliphatic rings. The Morgan fingerprint density at radius 1 is 1.06 bits per heavy atom. The summed E-state index contributed by atoms with van der Waals surface area (Å²) in [5, 5.41) is 4.66. The van der Waals surface area contributed by atoms with Crippen LogP contribution in [0.25, 0.3) is 11.3 Å². The number of benzene rings is 2. The molecule has 33 heavy (non-hydrogen) atoms. The van der Waals surface area contributed by atoms with Crippen LogP contribution >= 0.6 is 11.6 Å². The van der Waals surface area contributed by atoms with Crippen LogP contribution in [0.1, 0.15) is 38.5 Å². The van der Waals surface area contributed by atoms with Gasteiger partial charge in [0.2, 0.25) is 0 Å². The Morgan fingerprint density at radius 3 is 2.55 bits per heavy atom. The van der Waals surface area contributed by atoms with Gasteiger partial charge in [0, 0.05) is 38.3 Å². The van der Waals surface area contributed by atoms with E-state index in [1.807, 2.05) is 35.2 Å². The first kappa shape index (κ1) is 23.0. The number of aromatic nitrogens is 1. The predicted octanol–water partition coefficient (Wildman–Crippen LogP) is 4.44. The first-order valence-corrected chi connectivity index (χ1v) is 11.3. The van der Waals surface area contributed by atoms with E-state index in [1.165, 1.54) is 7.11 Å². The summed E-state index contributed by atoms with van der Waals surface area (Å²) in [7, 11) is 1.37. The molecular weight excluding hydrogens is 442 g/mol. The number of methoxy groups -OCH3 is 1. The van der Waals surface area contributed by atoms with Gasteiger partial charge >= 0.3 is 5.97 Å². The predicted molar refractivity (Wildman–Crippen MR) is 125 cm³/mol. The zero-order chi connectivity index (χ0) is 23.4. The van der Waals surface area contributed by atoms with Gasteiger partial charge in [-0.1, -0.05) is 47.1 Å². The smallest absolute Gasteiger partial charge is 0.337 e. The largest absolute Gasteiger partial charge is 0.465 e. The van der Waals surface area contributed by atoms with Gasteiger partial charge in [-0.05, 0) is 37.1 Å². The average molecular weight is 468 g/mol. The fraction of sp³-hybridized carbons (Fsp3) is 0.320. The third kappa shape index (κ3) is 5.10. The highest BCUT2D eigenvalue weighted by Crippen LogP contribution is 2.32. The molecule has 0 spiro atoms. The lowest BCUT2D eigenvalue weighted by Crippen LogP contribution is -2.35. The van der Waals surface area contributed by atoms with Crippen LogP contribution < -0.4 is 0 Å². The van der Waals surface area contributed by atoms with E-state index < -0.39 is 0 Å². The summed E-state index contributed by atoms with van der Waals surface area (Å²) in [6, 6.07) is 14.8. The van der Waals surface area contributed by atoms with Crippen molar-refractivity contribution in [1.82, 2.24) is 15.0 Å². The van der Waals surface area contributed by atoms with E-state index in [1.54, 1.807) is 25.1 Å². The van der Waals surface area contributed by atoms with Gasteiger partial charge in [0.15, 0.2) is 0 Å². The normalized spacial score (nSPS) is 14.7. The molecule has 0 saturated carbocycles. The van der Waals surface area contributed by atoms with E-state index in [2.05, 4.69) is 10.1 Å². The van der Waals surface area contributed by atoms with Crippen molar-refractivity contribution in [2.75, 3.05) is 33.3 Å². The minimum absolute atomic E-state index is 0.0899. The highest BCUT2D eigenvalue weighted by molar-refractivity contribution is 6.33. The van der Waals surface area contributed by atoms with Gasteiger partial charge in [0.1, 0.15) is 17.0 Å². The second-order valence-electron chi connectivity index (χ2n) is 8.05. The Kier molecular flexibility index (Phi) is 7.11. The van der Waals surface area contributed by atoms with E-state index >= 15 is 0 Å². The number of nitrogens with zero attached hydrogens (tertiary/aromatic N) is 3. The van der Waals surface area contributed by atoms with Crippen LogP contribution in [0.2, 0.25) is 5.02 Å². The molecule has 3 aromatic rings. The molecule has 2 aromatic carbocycles. The maximum absolute atomic E-state index is 13.5. The van der Waals surface area contributed by atoms with Crippen molar-refractivity contribution in [1.29, 1.82) is 0 Å². The molecule has 1 aromatic heterocycles. The fourth-order valence-electron chi connectivity index (χ4n) is 4.07. The molecule has 1 aliphatic heterocycles. The van der Waals surface area contributed by atoms with Crippen molar-refractivity contribution < 1.29 is 18.8 Å². The lowest BCUT2D eigenvalue weighted by molar-refractivity contribution is 0.0600. The molecule has 0 atom stereocenters. The SMILES string of the molecule is COC(=O)c1ccc(CN2CCCN(C(=O)c3c(-c4ccccc4Cl)noc3C)CC2)cc1. The number of ether oxygens (including phenoxy) is 1. The fourth-order valence-corrected chi connectivity index (χ4v) is 4.30. The number of carbonyl (C=O) groups is 2. The monoisotopic (exact) mass is 467 g/mol. The number of esters is 1. The molecule has 4 rings (SSSR count). The summed E-state index contributed by atoms with van der Waals surface area (Å²) >= 11 is 6.35. The van der Waals surface area contributed by atoms with Gasteiger partial charge in [-0.3, -0.25) is 9.69 Å². The van der Waals surface area contributed by atoms with Crippen molar-refractivity contribution >= 4 is 23.5 Å². The minimum Gasteiger partial charge on any atom is -0.465 e. The van der Waals surface area contributed by atoms with Crippen molar-refractivity contribution in [2.24, 2.45) is 0 Å². The Morgan fingerprint density at radius 2 is 1.82 bits per heavy atom. The number of hydrogen-bond donors (Lipinski definition) is 0. The molecule has 7 nitrogen and oxygen atoms in total. The molecule has 8 heteroatoms. The Bertz CT molecular complexity index is 1140. The second kappa shape index (κ2) is 10.2. The topological polar surface area (TPSA) is 75.9 Å². The standard InChI is InChI=1S/C25H26ClN3O4/c1-17-22(23(27-33-17)20-6-3-4-7-21(20)26)24(30)29-13-5-12-28(14-15-29)16-18-8-10-19(11-9-18)25(31)32-2/h3-4,6-11H,5,12-16H2,1-2H3. The van der Waals surface area contributed by atoms with Gasteiger partial charge in [-0.25, -0.2) is 4.79 Å². The quantitative estimate of drug-likeness (QED) is 0.516. The maximum Gasteiger partial charge on any atom is 0.337 e. The summed E-state index contributed by atoms with van der Waals surface area (Å²) in [6.07, 6.45) is 0.859. The average Bonchev–Trinajstić information content (AvgIpc) is 3.05. The molecule has 0 unspecified atom stereocenters. The van der Waals surface area contributed by atoms with Crippen LogP contribution in [0, 0.1) is 6.92 Å².